The Bertz CT molecular complexity index is 1430. The number of aliphatic carboxylic acids is 1. The van der Waals surface area contributed by atoms with Gasteiger partial charge in [0.1, 0.15) is 17.5 Å². The molecule has 0 saturated heterocycles. The number of carboxylic acids is 1. The summed E-state index contributed by atoms with van der Waals surface area (Å²) in [5.41, 5.74) is 2.52. The minimum atomic E-state index is -1.29. The largest absolute Gasteiger partial charge is 0.493 e. The smallest absolute Gasteiger partial charge is 0.326 e. The van der Waals surface area contributed by atoms with Crippen molar-refractivity contribution in [1.82, 2.24) is 5.32 Å². The lowest BCUT2D eigenvalue weighted by atomic mass is 9.89. The van der Waals surface area contributed by atoms with E-state index >= 15 is 0 Å². The lowest BCUT2D eigenvalue weighted by Gasteiger charge is -2.27. The molecule has 6 nitrogen and oxygen atoms in total. The van der Waals surface area contributed by atoms with Gasteiger partial charge in [-0.1, -0.05) is 41.4 Å². The fraction of sp³-hybridized carbons (Fsp3) is 0.286. The van der Waals surface area contributed by atoms with Gasteiger partial charge in [-0.15, -0.1) is 0 Å². The highest BCUT2D eigenvalue weighted by Crippen LogP contribution is 2.45. The van der Waals surface area contributed by atoms with Gasteiger partial charge >= 0.3 is 5.97 Å². The van der Waals surface area contributed by atoms with Gasteiger partial charge in [-0.25, -0.2) is 13.6 Å². The zero-order valence-corrected chi connectivity index (χ0v) is 21.6. The minimum Gasteiger partial charge on any atom is -0.493 e. The molecule has 2 aliphatic rings. The summed E-state index contributed by atoms with van der Waals surface area (Å²) in [6.45, 7) is 0.807. The van der Waals surface area contributed by atoms with Crippen molar-refractivity contribution in [3.8, 4) is 22.6 Å². The molecule has 0 spiro atoms. The van der Waals surface area contributed by atoms with Crippen LogP contribution in [-0.2, 0) is 24.1 Å². The predicted molar refractivity (Wildman–Crippen MR) is 138 cm³/mol. The summed E-state index contributed by atoms with van der Waals surface area (Å²) in [7, 11) is 0. The van der Waals surface area contributed by atoms with Crippen LogP contribution in [0.4, 0.5) is 8.78 Å². The second-order valence-corrected chi connectivity index (χ2v) is 9.99. The SMILES string of the molecule is O=C(N[C@@H](Cc1ccc(-c2cc(F)c(F)c3c2OCCC3)c2c1CCCO2)C(=O)O)c1c(Cl)cccc1Cl. The molecule has 1 amide bonds. The second kappa shape index (κ2) is 10.8. The van der Waals surface area contributed by atoms with E-state index in [4.69, 9.17) is 32.7 Å². The van der Waals surface area contributed by atoms with Gasteiger partial charge in [0.05, 0.1) is 28.8 Å². The molecule has 3 aromatic rings. The summed E-state index contributed by atoms with van der Waals surface area (Å²) in [4.78, 5) is 25.0. The van der Waals surface area contributed by atoms with Crippen LogP contribution in [0.25, 0.3) is 11.1 Å². The predicted octanol–water partition coefficient (Wildman–Crippen LogP) is 6.01. The van der Waals surface area contributed by atoms with Gasteiger partial charge in [0, 0.05) is 23.1 Å². The molecular weight excluding hydrogens is 539 g/mol. The van der Waals surface area contributed by atoms with E-state index in [1.807, 2.05) is 0 Å². The molecule has 2 aliphatic heterocycles. The molecule has 38 heavy (non-hydrogen) atoms. The van der Waals surface area contributed by atoms with Gasteiger partial charge < -0.3 is 19.9 Å². The third kappa shape index (κ3) is 4.90. The number of benzene rings is 3. The first-order chi connectivity index (χ1) is 18.3. The number of hydrogen-bond donors (Lipinski definition) is 2. The third-order valence-electron chi connectivity index (χ3n) is 6.76. The van der Waals surface area contributed by atoms with Crippen molar-refractivity contribution >= 4 is 35.1 Å². The molecule has 0 saturated carbocycles. The van der Waals surface area contributed by atoms with E-state index in [1.54, 1.807) is 18.2 Å². The number of hydrogen-bond acceptors (Lipinski definition) is 4. The third-order valence-corrected chi connectivity index (χ3v) is 7.39. The Kier molecular flexibility index (Phi) is 7.45. The molecule has 0 aliphatic carbocycles. The van der Waals surface area contributed by atoms with Crippen molar-refractivity contribution in [3.63, 3.8) is 0 Å². The molecule has 0 bridgehead atoms. The van der Waals surface area contributed by atoms with E-state index < -0.39 is 29.6 Å². The topological polar surface area (TPSA) is 84.9 Å². The second-order valence-electron chi connectivity index (χ2n) is 9.18. The maximum Gasteiger partial charge on any atom is 0.326 e. The van der Waals surface area contributed by atoms with E-state index in [0.717, 1.165) is 11.6 Å². The van der Waals surface area contributed by atoms with Crippen LogP contribution in [0.2, 0.25) is 10.0 Å². The number of rotatable bonds is 6. The number of halogens is 4. The number of carbonyl (C=O) groups is 2. The van der Waals surface area contributed by atoms with E-state index in [1.165, 1.54) is 12.1 Å². The maximum absolute atomic E-state index is 14.5. The molecule has 2 heterocycles. The zero-order chi connectivity index (χ0) is 27.0. The maximum atomic E-state index is 14.5. The van der Waals surface area contributed by atoms with Crippen LogP contribution < -0.4 is 14.8 Å². The minimum absolute atomic E-state index is 0.00842. The van der Waals surface area contributed by atoms with Gasteiger partial charge in [-0.05, 0) is 55.0 Å². The van der Waals surface area contributed by atoms with E-state index in [0.29, 0.717) is 67.1 Å². The highest BCUT2D eigenvalue weighted by Gasteiger charge is 2.30. The normalized spacial score (nSPS) is 14.9. The highest BCUT2D eigenvalue weighted by molar-refractivity contribution is 6.39. The molecule has 198 valence electrons. The van der Waals surface area contributed by atoms with Gasteiger partial charge in [-0.3, -0.25) is 4.79 Å². The van der Waals surface area contributed by atoms with E-state index in [9.17, 15) is 23.5 Å². The van der Waals surface area contributed by atoms with E-state index in [2.05, 4.69) is 5.32 Å². The number of carbonyl (C=O) groups excluding carboxylic acids is 1. The van der Waals surface area contributed by atoms with Crippen LogP contribution in [-0.4, -0.2) is 36.2 Å². The average molecular weight is 562 g/mol. The summed E-state index contributed by atoms with van der Waals surface area (Å²) in [5, 5.41) is 12.6. The number of nitrogens with one attached hydrogen (secondary N) is 1. The Morgan fingerprint density at radius 1 is 0.947 bits per heavy atom. The van der Waals surface area contributed by atoms with Crippen molar-refractivity contribution in [2.45, 2.75) is 38.1 Å². The van der Waals surface area contributed by atoms with Gasteiger partial charge in [-0.2, -0.15) is 0 Å². The van der Waals surface area contributed by atoms with Crippen molar-refractivity contribution in [2.24, 2.45) is 0 Å². The number of ether oxygens (including phenoxy) is 2. The molecule has 5 rings (SSSR count). The monoisotopic (exact) mass is 561 g/mol. The van der Waals surface area contributed by atoms with Crippen molar-refractivity contribution in [2.75, 3.05) is 13.2 Å². The van der Waals surface area contributed by atoms with Crippen LogP contribution in [0.1, 0.15) is 39.9 Å². The van der Waals surface area contributed by atoms with Crippen molar-refractivity contribution in [1.29, 1.82) is 0 Å². The summed E-state index contributed by atoms with van der Waals surface area (Å²) in [6, 6.07) is 7.81. The average Bonchev–Trinajstić information content (AvgIpc) is 2.90. The van der Waals surface area contributed by atoms with Crippen LogP contribution >= 0.6 is 23.2 Å². The molecule has 3 aromatic carbocycles. The van der Waals surface area contributed by atoms with Crippen LogP contribution in [0.5, 0.6) is 11.5 Å². The number of fused-ring (bicyclic) bond motifs is 2. The molecule has 2 N–H and O–H groups in total. The van der Waals surface area contributed by atoms with Crippen molar-refractivity contribution < 1.29 is 33.0 Å². The van der Waals surface area contributed by atoms with Crippen LogP contribution in [0.15, 0.2) is 36.4 Å². The summed E-state index contributed by atoms with van der Waals surface area (Å²) < 4.78 is 40.8. The Labute approximate surface area is 227 Å². The Hall–Kier alpha value is -3.36. The molecule has 0 radical (unpaired) electrons. The molecule has 10 heteroatoms. The molecule has 0 fully saturated rings. The molecule has 1 atom stereocenters. The molecular formula is C28H23Cl2F2NO5. The Morgan fingerprint density at radius 2 is 1.58 bits per heavy atom. The zero-order valence-electron chi connectivity index (χ0n) is 20.1. The summed E-state index contributed by atoms with van der Waals surface area (Å²) in [5.74, 6) is -3.05. The summed E-state index contributed by atoms with van der Waals surface area (Å²) >= 11 is 12.2. The fourth-order valence-electron chi connectivity index (χ4n) is 4.97. The van der Waals surface area contributed by atoms with Crippen LogP contribution in [0.3, 0.4) is 0 Å². The lowest BCUT2D eigenvalue weighted by molar-refractivity contribution is -0.139. The van der Waals surface area contributed by atoms with E-state index in [-0.39, 0.29) is 27.6 Å². The van der Waals surface area contributed by atoms with Crippen molar-refractivity contribution in [3.05, 3.63) is 80.3 Å². The van der Waals surface area contributed by atoms with Gasteiger partial charge in [0.25, 0.3) is 5.91 Å². The Balaban J connectivity index is 1.51. The first-order valence-electron chi connectivity index (χ1n) is 12.2. The highest BCUT2D eigenvalue weighted by atomic mass is 35.5. The fourth-order valence-corrected chi connectivity index (χ4v) is 5.54. The Morgan fingerprint density at radius 3 is 2.24 bits per heavy atom. The molecule has 0 unspecified atom stereocenters. The number of carboxylic acid groups (broad SMARTS) is 1. The molecule has 0 aromatic heterocycles. The first kappa shape index (κ1) is 26.3. The standard InChI is InChI=1S/C28H23Cl2F2NO5/c29-19-6-1-7-20(30)23(19)27(34)33-22(28(35)36)12-14-8-9-16(25-15(14)4-2-10-37-25)18-13-21(31)24(32)17-5-3-11-38-26(17)18/h1,6-9,13,22H,2-5,10-12H2,(H,33,34)(H,35,36)/t22-/m0/s1. The first-order valence-corrected chi connectivity index (χ1v) is 12.9. The van der Waals surface area contributed by atoms with Crippen LogP contribution in [0, 0.1) is 11.6 Å². The quantitative estimate of drug-likeness (QED) is 0.384. The summed E-state index contributed by atoms with van der Waals surface area (Å²) in [6.07, 6.45) is 2.18. The lowest BCUT2D eigenvalue weighted by Crippen LogP contribution is -2.42. The van der Waals surface area contributed by atoms with Gasteiger partial charge in [0.15, 0.2) is 11.6 Å². The number of amides is 1. The van der Waals surface area contributed by atoms with Gasteiger partial charge in [0.2, 0.25) is 0 Å².